The molecule has 0 N–H and O–H groups in total. The monoisotopic (exact) mass is 659 g/mol. The molecule has 2 aliphatic rings. The van der Waals surface area contributed by atoms with Crippen molar-refractivity contribution in [2.24, 2.45) is 0 Å². The third-order valence-corrected chi connectivity index (χ3v) is 11.4. The molecule has 1 heterocycles. The van der Waals surface area contributed by atoms with Gasteiger partial charge in [-0.1, -0.05) is 137 Å². The van der Waals surface area contributed by atoms with Crippen LogP contribution in [0.2, 0.25) is 0 Å². The quantitative estimate of drug-likeness (QED) is 0.177. The smallest absolute Gasteiger partial charge is 0.137 e. The number of rotatable bonds is 6. The molecule has 2 heteroatoms. The van der Waals surface area contributed by atoms with Crippen molar-refractivity contribution in [1.29, 1.82) is 0 Å². The molecule has 0 saturated carbocycles. The first-order valence-corrected chi connectivity index (χ1v) is 17.9. The molecule has 0 fully saturated rings. The highest BCUT2D eigenvalue weighted by molar-refractivity contribution is 6.06. The summed E-state index contributed by atoms with van der Waals surface area (Å²) < 4.78 is 6.49. The normalized spacial score (nSPS) is 14.7. The molecule has 2 nitrogen and oxygen atoms in total. The van der Waals surface area contributed by atoms with E-state index in [1.165, 1.54) is 55.6 Å². The summed E-state index contributed by atoms with van der Waals surface area (Å²) in [5, 5.41) is 1.05. The summed E-state index contributed by atoms with van der Waals surface area (Å²) in [7, 11) is 0. The van der Waals surface area contributed by atoms with Crippen LogP contribution >= 0.6 is 0 Å². The van der Waals surface area contributed by atoms with E-state index >= 15 is 0 Å². The molecule has 0 amide bonds. The lowest BCUT2D eigenvalue weighted by Crippen LogP contribution is -2.17. The number of hydrogen-bond donors (Lipinski definition) is 0. The van der Waals surface area contributed by atoms with Crippen LogP contribution in [-0.4, -0.2) is 0 Å². The first kappa shape index (κ1) is 31.1. The van der Waals surface area contributed by atoms with Crippen LogP contribution in [0.25, 0.3) is 56.5 Å². The third-order valence-electron chi connectivity index (χ3n) is 11.4. The lowest BCUT2D eigenvalue weighted by Gasteiger charge is -2.31. The van der Waals surface area contributed by atoms with E-state index in [1.807, 2.05) is 25.2 Å². The molecule has 0 atom stereocenters. The molecule has 7 aromatic rings. The molecule has 0 aliphatic heterocycles. The highest BCUT2D eigenvalue weighted by atomic mass is 16.3. The van der Waals surface area contributed by atoms with Crippen molar-refractivity contribution < 1.29 is 4.42 Å². The van der Waals surface area contributed by atoms with Crippen LogP contribution in [0.4, 0.5) is 17.1 Å². The van der Waals surface area contributed by atoms with Gasteiger partial charge in [0.1, 0.15) is 11.3 Å². The Morgan fingerprint density at radius 1 is 0.588 bits per heavy atom. The van der Waals surface area contributed by atoms with Crippen LogP contribution in [0.3, 0.4) is 0 Å². The number of benzene rings is 6. The molecule has 9 rings (SSSR count). The summed E-state index contributed by atoms with van der Waals surface area (Å²) in [5.74, 6) is 0.818. The number of anilines is 3. The molecule has 0 unspecified atom stereocenters. The van der Waals surface area contributed by atoms with Crippen molar-refractivity contribution in [3.8, 4) is 33.4 Å². The second kappa shape index (κ2) is 11.3. The van der Waals surface area contributed by atoms with Gasteiger partial charge < -0.3 is 9.32 Å². The van der Waals surface area contributed by atoms with E-state index in [2.05, 4.69) is 167 Å². The van der Waals surface area contributed by atoms with Crippen LogP contribution in [0.15, 0.2) is 144 Å². The second-order valence-electron chi connectivity index (χ2n) is 14.9. The highest BCUT2D eigenvalue weighted by Gasteiger charge is 2.40. The number of nitrogens with zero attached hydrogens (tertiary/aromatic N) is 1. The predicted octanol–water partition coefficient (Wildman–Crippen LogP) is 13.9. The summed E-state index contributed by atoms with van der Waals surface area (Å²) in [5.41, 5.74) is 17.9. The van der Waals surface area contributed by atoms with Gasteiger partial charge >= 0.3 is 0 Å². The number of furan rings is 1. The van der Waals surface area contributed by atoms with E-state index in [1.54, 1.807) is 0 Å². The largest absolute Gasteiger partial charge is 0.456 e. The summed E-state index contributed by atoms with van der Waals surface area (Å²) in [4.78, 5) is 2.47. The van der Waals surface area contributed by atoms with Crippen LogP contribution in [0, 0.1) is 0 Å². The Hall–Kier alpha value is -5.86. The van der Waals surface area contributed by atoms with Gasteiger partial charge in [-0.15, -0.1) is 0 Å². The van der Waals surface area contributed by atoms with Crippen LogP contribution in [0.5, 0.6) is 0 Å². The van der Waals surface area contributed by atoms with Crippen molar-refractivity contribution in [3.05, 3.63) is 174 Å². The fourth-order valence-corrected chi connectivity index (χ4v) is 8.84. The summed E-state index contributed by atoms with van der Waals surface area (Å²) in [6, 6.07) is 46.9. The van der Waals surface area contributed by atoms with Gasteiger partial charge in [0.15, 0.2) is 0 Å². The first-order chi connectivity index (χ1) is 24.7. The Morgan fingerprint density at radius 3 is 2.06 bits per heavy atom. The second-order valence-corrected chi connectivity index (χ2v) is 14.9. The Labute approximate surface area is 301 Å². The van der Waals surface area contributed by atoms with Gasteiger partial charge in [-0.25, -0.2) is 0 Å². The van der Waals surface area contributed by atoms with Gasteiger partial charge in [-0.05, 0) is 99.5 Å². The molecular formula is C49H41NO. The van der Waals surface area contributed by atoms with E-state index in [0.717, 1.165) is 39.4 Å². The highest BCUT2D eigenvalue weighted by Crippen LogP contribution is 2.57. The van der Waals surface area contributed by atoms with Gasteiger partial charge in [0.25, 0.3) is 0 Å². The van der Waals surface area contributed by atoms with Crippen LogP contribution < -0.4 is 4.90 Å². The number of hydrogen-bond acceptors (Lipinski definition) is 2. The zero-order valence-electron chi connectivity index (χ0n) is 29.9. The van der Waals surface area contributed by atoms with Crippen molar-refractivity contribution in [1.82, 2.24) is 0 Å². The Kier molecular flexibility index (Phi) is 6.92. The maximum Gasteiger partial charge on any atom is 0.137 e. The molecule has 1 aromatic heterocycles. The SMILES string of the molecule is C=Cc1c(/C=C\C)oc2cccc(N(c3ccc4c(c3)C(C)(C)c3ccccc3-4)c3cccc4c3-c3ccc(-c5ccccc5)cc3C4(C)C)c12. The molecule has 2 aliphatic carbocycles. The summed E-state index contributed by atoms with van der Waals surface area (Å²) >= 11 is 0. The van der Waals surface area contributed by atoms with Crippen molar-refractivity contribution in [3.63, 3.8) is 0 Å². The van der Waals surface area contributed by atoms with Crippen molar-refractivity contribution in [2.75, 3.05) is 4.90 Å². The van der Waals surface area contributed by atoms with E-state index in [0.29, 0.717) is 0 Å². The molecule has 0 spiro atoms. The Bertz CT molecular complexity index is 2560. The standard InChI is InChI=1S/C49H41NO/c1-7-16-44-34(8-2)47-43(23-15-24-45(47)51-44)50(33-26-28-36-35-19-12-13-20-38(35)48(3,4)41(36)30-33)42-22-14-21-39-46(42)37-27-25-32(29-40(37)49(39,5)6)31-17-10-9-11-18-31/h7-30H,2H2,1,3-6H3/b16-7-. The fraction of sp³-hybridized carbons (Fsp3) is 0.143. The first-order valence-electron chi connectivity index (χ1n) is 17.9. The van der Waals surface area contributed by atoms with Gasteiger partial charge in [0.2, 0.25) is 0 Å². The minimum Gasteiger partial charge on any atom is -0.456 e. The van der Waals surface area contributed by atoms with E-state index < -0.39 is 0 Å². The van der Waals surface area contributed by atoms with Crippen LogP contribution in [0.1, 0.15) is 68.2 Å². The van der Waals surface area contributed by atoms with Crippen molar-refractivity contribution >= 4 is 40.2 Å². The van der Waals surface area contributed by atoms with E-state index in [4.69, 9.17) is 4.42 Å². The lowest BCUT2D eigenvalue weighted by molar-refractivity contribution is 0.603. The van der Waals surface area contributed by atoms with E-state index in [-0.39, 0.29) is 10.8 Å². The predicted molar refractivity (Wildman–Crippen MR) is 216 cm³/mol. The fourth-order valence-electron chi connectivity index (χ4n) is 8.84. The maximum atomic E-state index is 6.49. The number of fused-ring (bicyclic) bond motifs is 7. The molecule has 248 valence electrons. The average Bonchev–Trinajstić information content (AvgIpc) is 3.71. The minimum atomic E-state index is -0.189. The van der Waals surface area contributed by atoms with Gasteiger partial charge in [-0.2, -0.15) is 0 Å². The maximum absolute atomic E-state index is 6.49. The van der Waals surface area contributed by atoms with Gasteiger partial charge in [0.05, 0.1) is 16.8 Å². The van der Waals surface area contributed by atoms with Gasteiger partial charge in [0, 0.05) is 27.6 Å². The zero-order chi connectivity index (χ0) is 35.1. The minimum absolute atomic E-state index is 0.137. The summed E-state index contributed by atoms with van der Waals surface area (Å²) in [6.07, 6.45) is 5.99. The molecule has 6 aromatic carbocycles. The molecule has 0 bridgehead atoms. The van der Waals surface area contributed by atoms with E-state index in [9.17, 15) is 0 Å². The molecular weight excluding hydrogens is 619 g/mol. The Balaban J connectivity index is 1.33. The Morgan fingerprint density at radius 2 is 1.25 bits per heavy atom. The topological polar surface area (TPSA) is 16.4 Å². The molecule has 51 heavy (non-hydrogen) atoms. The summed E-state index contributed by atoms with van der Waals surface area (Å²) in [6.45, 7) is 15.7. The molecule has 0 radical (unpaired) electrons. The third kappa shape index (κ3) is 4.49. The number of allylic oxidation sites excluding steroid dienone is 1. The van der Waals surface area contributed by atoms with Crippen LogP contribution in [-0.2, 0) is 10.8 Å². The average molecular weight is 660 g/mol. The van der Waals surface area contributed by atoms with Gasteiger partial charge in [-0.3, -0.25) is 0 Å². The molecule has 0 saturated heterocycles. The van der Waals surface area contributed by atoms with Crippen molar-refractivity contribution in [2.45, 2.75) is 45.4 Å². The zero-order valence-corrected chi connectivity index (χ0v) is 29.9. The lowest BCUT2D eigenvalue weighted by atomic mass is 9.81.